The molecule has 0 radical (unpaired) electrons. The predicted molar refractivity (Wildman–Crippen MR) is 59.9 cm³/mol. The average Bonchev–Trinajstić information content (AvgIpc) is 2.18. The van der Waals surface area contributed by atoms with E-state index in [1.807, 2.05) is 30.3 Å². The summed E-state index contributed by atoms with van der Waals surface area (Å²) >= 11 is 0. The lowest BCUT2D eigenvalue weighted by atomic mass is 10.0. The third-order valence-electron chi connectivity index (χ3n) is 2.15. The molecule has 1 atom stereocenters. The van der Waals surface area contributed by atoms with Crippen LogP contribution in [0.5, 0.6) is 0 Å². The molecule has 0 unspecified atom stereocenters. The van der Waals surface area contributed by atoms with Crippen molar-refractivity contribution in [2.45, 2.75) is 19.0 Å². The molecule has 0 spiro atoms. The van der Waals surface area contributed by atoms with Gasteiger partial charge in [0.05, 0.1) is 0 Å². The highest BCUT2D eigenvalue weighted by atomic mass is 16.1. The van der Waals surface area contributed by atoms with Gasteiger partial charge >= 0.3 is 0 Å². The fourth-order valence-corrected chi connectivity index (χ4v) is 1.48. The molecule has 82 valence electrons. The van der Waals surface area contributed by atoms with Crippen LogP contribution in [0.1, 0.15) is 12.5 Å². The highest BCUT2D eigenvalue weighted by Gasteiger charge is 2.24. The molecule has 0 aromatic heterocycles. The van der Waals surface area contributed by atoms with Crippen molar-refractivity contribution in [2.75, 3.05) is 6.54 Å². The van der Waals surface area contributed by atoms with Gasteiger partial charge in [-0.3, -0.25) is 4.79 Å². The van der Waals surface area contributed by atoms with Gasteiger partial charge in [0.2, 0.25) is 5.91 Å². The molecule has 5 N–H and O–H groups in total. The number of rotatable bonds is 4. The zero-order chi connectivity index (χ0) is 11.3. The third-order valence-corrected chi connectivity index (χ3v) is 2.15. The maximum absolute atomic E-state index is 11.0. The first-order valence-corrected chi connectivity index (χ1v) is 4.87. The van der Waals surface area contributed by atoms with E-state index in [2.05, 4.69) is 5.32 Å². The van der Waals surface area contributed by atoms with Crippen LogP contribution in [-0.2, 0) is 11.2 Å². The first-order chi connectivity index (χ1) is 7.06. The van der Waals surface area contributed by atoms with Crippen molar-refractivity contribution in [3.63, 3.8) is 0 Å². The van der Waals surface area contributed by atoms with Crippen LogP contribution >= 0.6 is 0 Å². The molecule has 0 heterocycles. The molecule has 1 rings (SSSR count). The lowest BCUT2D eigenvalue weighted by molar-refractivity contribution is -0.120. The van der Waals surface area contributed by atoms with Crippen LogP contribution in [-0.4, -0.2) is 18.1 Å². The molecule has 0 bridgehead atoms. The molecule has 1 aromatic rings. The lowest BCUT2D eigenvalue weighted by Crippen LogP contribution is -2.61. The minimum Gasteiger partial charge on any atom is -0.337 e. The Morgan fingerprint density at radius 1 is 1.40 bits per heavy atom. The minimum atomic E-state index is -0.854. The molecule has 4 heteroatoms. The summed E-state index contributed by atoms with van der Waals surface area (Å²) in [4.78, 5) is 11.0. The van der Waals surface area contributed by atoms with Gasteiger partial charge in [0.25, 0.3) is 0 Å². The highest BCUT2D eigenvalue weighted by Crippen LogP contribution is 2.07. The molecule has 0 aliphatic carbocycles. The summed E-state index contributed by atoms with van der Waals surface area (Å²) in [5.74, 6) is -0.168. The predicted octanol–water partition coefficient (Wildman–Crippen LogP) is -0.0211. The van der Waals surface area contributed by atoms with E-state index >= 15 is 0 Å². The van der Waals surface area contributed by atoms with Crippen molar-refractivity contribution in [1.82, 2.24) is 5.32 Å². The fraction of sp³-hybridized carbons (Fsp3) is 0.364. The Morgan fingerprint density at radius 3 is 2.47 bits per heavy atom. The summed E-state index contributed by atoms with van der Waals surface area (Å²) in [6.07, 6.45) is 0.532. The Balaban J connectivity index is 2.72. The third kappa shape index (κ3) is 3.69. The number of nitrogens with one attached hydrogen (secondary N) is 1. The first-order valence-electron chi connectivity index (χ1n) is 4.87. The number of benzene rings is 1. The Morgan fingerprint density at radius 2 is 2.00 bits per heavy atom. The van der Waals surface area contributed by atoms with Crippen molar-refractivity contribution >= 4 is 5.91 Å². The quantitative estimate of drug-likeness (QED) is 0.607. The van der Waals surface area contributed by atoms with Gasteiger partial charge in [0, 0.05) is 19.9 Å². The molecule has 0 fully saturated rings. The van der Waals surface area contributed by atoms with Crippen molar-refractivity contribution in [3.8, 4) is 0 Å². The number of nitrogens with two attached hydrogens (primary N) is 2. The Bertz CT molecular complexity index is 326. The summed E-state index contributed by atoms with van der Waals surface area (Å²) < 4.78 is 0. The van der Waals surface area contributed by atoms with Crippen molar-refractivity contribution < 1.29 is 4.79 Å². The maximum atomic E-state index is 11.0. The largest absolute Gasteiger partial charge is 0.337 e. The van der Waals surface area contributed by atoms with Gasteiger partial charge in [-0.15, -0.1) is 0 Å². The van der Waals surface area contributed by atoms with Gasteiger partial charge < -0.3 is 16.8 Å². The second kappa shape index (κ2) is 4.91. The fourth-order valence-electron chi connectivity index (χ4n) is 1.48. The molecule has 0 saturated carbocycles. The monoisotopic (exact) mass is 207 g/mol. The number of hydrogen-bond acceptors (Lipinski definition) is 3. The number of amides is 1. The Labute approximate surface area is 89.6 Å². The normalized spacial score (nSPS) is 14.3. The SMILES string of the molecule is CC(=O)N[C@](N)(CN)Cc1ccccc1. The highest BCUT2D eigenvalue weighted by molar-refractivity contribution is 5.73. The summed E-state index contributed by atoms with van der Waals surface area (Å²) in [6, 6.07) is 9.71. The first kappa shape index (κ1) is 11.7. The van der Waals surface area contributed by atoms with E-state index in [1.54, 1.807) is 0 Å². The van der Waals surface area contributed by atoms with Gasteiger partial charge in [0.15, 0.2) is 0 Å². The molecular formula is C11H17N3O. The van der Waals surface area contributed by atoms with Gasteiger partial charge in [-0.1, -0.05) is 30.3 Å². The van der Waals surface area contributed by atoms with E-state index in [1.165, 1.54) is 6.92 Å². The summed E-state index contributed by atoms with van der Waals surface area (Å²) in [5.41, 5.74) is 11.7. The van der Waals surface area contributed by atoms with E-state index in [4.69, 9.17) is 11.5 Å². The second-order valence-electron chi connectivity index (χ2n) is 3.70. The van der Waals surface area contributed by atoms with E-state index in [0.717, 1.165) is 5.56 Å². The smallest absolute Gasteiger partial charge is 0.218 e. The van der Waals surface area contributed by atoms with Crippen molar-refractivity contribution in [3.05, 3.63) is 35.9 Å². The lowest BCUT2D eigenvalue weighted by Gasteiger charge is -2.28. The van der Waals surface area contributed by atoms with Gasteiger partial charge in [-0.2, -0.15) is 0 Å². The van der Waals surface area contributed by atoms with Crippen molar-refractivity contribution in [2.24, 2.45) is 11.5 Å². The molecule has 1 amide bonds. The van der Waals surface area contributed by atoms with Crippen LogP contribution in [0.3, 0.4) is 0 Å². The molecule has 1 aromatic carbocycles. The standard InChI is InChI=1S/C11H17N3O/c1-9(15)14-11(13,8-12)7-10-5-3-2-4-6-10/h2-6H,7-8,12-13H2,1H3,(H,14,15)/t11-/m0/s1. The molecule has 0 aliphatic rings. The van der Waals surface area contributed by atoms with E-state index in [0.29, 0.717) is 6.42 Å². The van der Waals surface area contributed by atoms with Gasteiger partial charge in [-0.25, -0.2) is 0 Å². The Kier molecular flexibility index (Phi) is 3.82. The zero-order valence-corrected chi connectivity index (χ0v) is 8.86. The summed E-state index contributed by atoms with van der Waals surface area (Å²) in [7, 11) is 0. The van der Waals surface area contributed by atoms with Crippen molar-refractivity contribution in [1.29, 1.82) is 0 Å². The minimum absolute atomic E-state index is 0.168. The van der Waals surface area contributed by atoms with E-state index in [-0.39, 0.29) is 12.5 Å². The average molecular weight is 207 g/mol. The van der Waals surface area contributed by atoms with Crippen LogP contribution in [0.25, 0.3) is 0 Å². The zero-order valence-electron chi connectivity index (χ0n) is 8.86. The van der Waals surface area contributed by atoms with Crippen LogP contribution in [0.15, 0.2) is 30.3 Å². The molecular weight excluding hydrogens is 190 g/mol. The summed E-state index contributed by atoms with van der Waals surface area (Å²) in [5, 5.41) is 2.67. The van der Waals surface area contributed by atoms with Gasteiger partial charge in [-0.05, 0) is 5.56 Å². The van der Waals surface area contributed by atoms with E-state index < -0.39 is 5.66 Å². The second-order valence-corrected chi connectivity index (χ2v) is 3.70. The molecule has 0 saturated heterocycles. The van der Waals surface area contributed by atoms with Crippen LogP contribution in [0.2, 0.25) is 0 Å². The van der Waals surface area contributed by atoms with Crippen LogP contribution in [0, 0.1) is 0 Å². The number of carbonyl (C=O) groups is 1. The van der Waals surface area contributed by atoms with Crippen LogP contribution < -0.4 is 16.8 Å². The van der Waals surface area contributed by atoms with Gasteiger partial charge in [0.1, 0.15) is 5.66 Å². The topological polar surface area (TPSA) is 81.1 Å². The number of hydrogen-bond donors (Lipinski definition) is 3. The van der Waals surface area contributed by atoms with E-state index in [9.17, 15) is 4.79 Å². The number of carbonyl (C=O) groups excluding carboxylic acids is 1. The Hall–Kier alpha value is -1.39. The summed E-state index contributed by atoms with van der Waals surface area (Å²) in [6.45, 7) is 1.64. The maximum Gasteiger partial charge on any atom is 0.218 e. The molecule has 0 aliphatic heterocycles. The van der Waals surface area contributed by atoms with Crippen LogP contribution in [0.4, 0.5) is 0 Å². The molecule has 15 heavy (non-hydrogen) atoms. The molecule has 4 nitrogen and oxygen atoms in total.